The van der Waals surface area contributed by atoms with Gasteiger partial charge in [-0.1, -0.05) is 88.4 Å². The highest BCUT2D eigenvalue weighted by molar-refractivity contribution is 7.99. The van der Waals surface area contributed by atoms with Crippen LogP contribution in [0.5, 0.6) is 0 Å². The Hall–Kier alpha value is -3.59. The minimum Gasteiger partial charge on any atom is -0.135 e. The summed E-state index contributed by atoms with van der Waals surface area (Å²) in [6, 6.07) is 35.0. The average molecular weight is 605 g/mol. The van der Waals surface area contributed by atoms with Crippen LogP contribution in [0.3, 0.4) is 0 Å². The molecule has 0 spiro atoms. The van der Waals surface area contributed by atoms with Gasteiger partial charge in [-0.05, 0) is 128 Å². The summed E-state index contributed by atoms with van der Waals surface area (Å²) in [5.74, 6) is 0. The number of hydrogen-bond donors (Lipinski definition) is 0. The van der Waals surface area contributed by atoms with Crippen molar-refractivity contribution in [1.29, 1.82) is 0 Å². The molecular weight excluding hydrogens is 569 g/mol. The molecular formula is C42H36S2. The van der Waals surface area contributed by atoms with Crippen molar-refractivity contribution in [3.05, 3.63) is 136 Å². The number of thioether (sulfide) groups is 1. The molecule has 216 valence electrons. The third kappa shape index (κ3) is 3.53. The van der Waals surface area contributed by atoms with Gasteiger partial charge in [0.15, 0.2) is 0 Å². The van der Waals surface area contributed by atoms with Crippen LogP contribution in [0.25, 0.3) is 42.8 Å². The molecule has 2 heteroatoms. The SMILES string of the molecule is Cc1cc(-c2cc3ccccc3s2)cc2c1-c1ccc3c(c1C2(C)C)C(C)(C)c1cc(C2Cc4ccccc4S2)cc(C)c1-3. The van der Waals surface area contributed by atoms with Crippen molar-refractivity contribution in [1.82, 2.24) is 0 Å². The third-order valence-electron chi connectivity index (χ3n) is 10.8. The van der Waals surface area contributed by atoms with Crippen LogP contribution in [0.4, 0.5) is 0 Å². The van der Waals surface area contributed by atoms with Crippen LogP contribution in [-0.2, 0) is 17.3 Å². The molecule has 1 aliphatic heterocycles. The Morgan fingerprint density at radius 2 is 1.30 bits per heavy atom. The molecule has 0 radical (unpaired) electrons. The van der Waals surface area contributed by atoms with Gasteiger partial charge >= 0.3 is 0 Å². The van der Waals surface area contributed by atoms with Crippen molar-refractivity contribution in [3.8, 4) is 32.7 Å². The number of fused-ring (bicyclic) bond motifs is 9. The average Bonchev–Trinajstić information content (AvgIpc) is 3.73. The lowest BCUT2D eigenvalue weighted by molar-refractivity contribution is 0.600. The molecule has 1 unspecified atom stereocenters. The largest absolute Gasteiger partial charge is 0.135 e. The summed E-state index contributed by atoms with van der Waals surface area (Å²) in [5, 5.41) is 1.82. The number of benzene rings is 5. The fraction of sp³-hybridized carbons (Fsp3) is 0.238. The molecule has 5 aromatic carbocycles. The number of aryl methyl sites for hydroxylation is 2. The van der Waals surface area contributed by atoms with E-state index >= 15 is 0 Å². The van der Waals surface area contributed by atoms with E-state index in [0.29, 0.717) is 5.25 Å². The van der Waals surface area contributed by atoms with E-state index in [9.17, 15) is 0 Å². The van der Waals surface area contributed by atoms with Gasteiger partial charge in [0.05, 0.1) is 0 Å². The molecule has 0 bridgehead atoms. The first kappa shape index (κ1) is 26.8. The summed E-state index contributed by atoms with van der Waals surface area (Å²) in [6.45, 7) is 14.6. The fourth-order valence-corrected chi connectivity index (χ4v) is 11.1. The second-order valence-electron chi connectivity index (χ2n) is 14.2. The maximum atomic E-state index is 2.57. The molecule has 1 atom stereocenters. The van der Waals surface area contributed by atoms with E-state index in [-0.39, 0.29) is 10.8 Å². The Kier molecular flexibility index (Phi) is 5.47. The van der Waals surface area contributed by atoms with Gasteiger partial charge in [-0.25, -0.2) is 0 Å². The number of hydrogen-bond acceptors (Lipinski definition) is 2. The predicted molar refractivity (Wildman–Crippen MR) is 191 cm³/mol. The van der Waals surface area contributed by atoms with Crippen molar-refractivity contribution in [2.75, 3.05) is 0 Å². The lowest BCUT2D eigenvalue weighted by atomic mass is 9.72. The Balaban J connectivity index is 1.18. The monoisotopic (exact) mass is 604 g/mol. The van der Waals surface area contributed by atoms with Gasteiger partial charge in [0.25, 0.3) is 0 Å². The molecule has 0 fully saturated rings. The van der Waals surface area contributed by atoms with Gasteiger partial charge in [-0.2, -0.15) is 0 Å². The van der Waals surface area contributed by atoms with E-state index < -0.39 is 0 Å². The Bertz CT molecular complexity index is 2150. The maximum absolute atomic E-state index is 2.57. The van der Waals surface area contributed by atoms with Gasteiger partial charge in [-0.15, -0.1) is 23.1 Å². The van der Waals surface area contributed by atoms with Gasteiger partial charge in [0, 0.05) is 30.6 Å². The summed E-state index contributed by atoms with van der Waals surface area (Å²) < 4.78 is 1.36. The molecule has 9 rings (SSSR count). The third-order valence-corrected chi connectivity index (χ3v) is 13.3. The summed E-state index contributed by atoms with van der Waals surface area (Å²) in [6.07, 6.45) is 1.12. The second kappa shape index (κ2) is 8.99. The quantitative estimate of drug-likeness (QED) is 0.189. The standard InChI is InChI=1S/C42H36S2/c1-23-17-27(35-21-25-11-7-9-13-33(25)43-35)19-31-37(23)29-15-16-30-38-24(2)18-28(36-22-26-12-8-10-14-34(26)44-36)20-32(38)42(5,6)40(30)39(29)41(31,3)4/h7-21,36H,22H2,1-6H3. The molecule has 0 saturated heterocycles. The molecule has 6 aromatic rings. The molecule has 0 amide bonds. The summed E-state index contributed by atoms with van der Waals surface area (Å²) >= 11 is 3.95. The normalized spacial score (nSPS) is 18.2. The Morgan fingerprint density at radius 1 is 0.659 bits per heavy atom. The van der Waals surface area contributed by atoms with E-state index in [1.165, 1.54) is 92.2 Å². The molecule has 1 aromatic heterocycles. The lowest BCUT2D eigenvalue weighted by Crippen LogP contribution is -2.24. The van der Waals surface area contributed by atoms with Crippen LogP contribution >= 0.6 is 23.1 Å². The first-order valence-electron chi connectivity index (χ1n) is 15.9. The van der Waals surface area contributed by atoms with Crippen molar-refractivity contribution in [3.63, 3.8) is 0 Å². The first-order valence-corrected chi connectivity index (χ1v) is 17.5. The topological polar surface area (TPSA) is 0 Å². The highest BCUT2D eigenvalue weighted by atomic mass is 32.2. The highest BCUT2D eigenvalue weighted by Crippen LogP contribution is 2.61. The van der Waals surface area contributed by atoms with Crippen LogP contribution < -0.4 is 0 Å². The van der Waals surface area contributed by atoms with Crippen molar-refractivity contribution >= 4 is 33.2 Å². The Morgan fingerprint density at radius 3 is 2.00 bits per heavy atom. The smallest absolute Gasteiger partial charge is 0.0385 e. The van der Waals surface area contributed by atoms with E-state index in [0.717, 1.165) is 6.42 Å². The zero-order valence-corrected chi connectivity index (χ0v) is 27.9. The van der Waals surface area contributed by atoms with Gasteiger partial charge in [0.1, 0.15) is 0 Å². The van der Waals surface area contributed by atoms with E-state index in [2.05, 4.69) is 133 Å². The predicted octanol–water partition coefficient (Wildman–Crippen LogP) is 12.2. The van der Waals surface area contributed by atoms with Crippen LogP contribution in [0.1, 0.15) is 77.5 Å². The summed E-state index contributed by atoms with van der Waals surface area (Å²) in [7, 11) is 0. The molecule has 44 heavy (non-hydrogen) atoms. The van der Waals surface area contributed by atoms with E-state index in [4.69, 9.17) is 0 Å². The molecule has 0 nitrogen and oxygen atoms in total. The second-order valence-corrected chi connectivity index (χ2v) is 16.5. The zero-order valence-electron chi connectivity index (χ0n) is 26.3. The molecule has 3 aliphatic rings. The Labute approximate surface area is 269 Å². The fourth-order valence-electron chi connectivity index (χ4n) is 8.71. The molecule has 0 saturated carbocycles. The minimum atomic E-state index is -0.0908. The molecule has 0 N–H and O–H groups in total. The summed E-state index contributed by atoms with van der Waals surface area (Å²) in [5.41, 5.74) is 18.8. The van der Waals surface area contributed by atoms with Crippen molar-refractivity contribution < 1.29 is 0 Å². The zero-order chi connectivity index (χ0) is 30.1. The van der Waals surface area contributed by atoms with Crippen molar-refractivity contribution in [2.24, 2.45) is 0 Å². The van der Waals surface area contributed by atoms with Crippen LogP contribution in [0.2, 0.25) is 0 Å². The minimum absolute atomic E-state index is 0.0750. The molecule has 2 aliphatic carbocycles. The highest BCUT2D eigenvalue weighted by Gasteiger charge is 2.47. The van der Waals surface area contributed by atoms with Gasteiger partial charge in [0.2, 0.25) is 0 Å². The number of thiophene rings is 1. The summed E-state index contributed by atoms with van der Waals surface area (Å²) in [4.78, 5) is 2.80. The van der Waals surface area contributed by atoms with Gasteiger partial charge < -0.3 is 0 Å². The number of rotatable bonds is 2. The van der Waals surface area contributed by atoms with E-state index in [1.807, 2.05) is 23.1 Å². The molecule has 2 heterocycles. The van der Waals surface area contributed by atoms with Gasteiger partial charge in [-0.3, -0.25) is 0 Å². The van der Waals surface area contributed by atoms with E-state index in [1.54, 1.807) is 0 Å². The van der Waals surface area contributed by atoms with Crippen molar-refractivity contribution in [2.45, 2.75) is 68.9 Å². The lowest BCUT2D eigenvalue weighted by Gasteiger charge is -2.31. The first-order chi connectivity index (χ1) is 21.1. The van der Waals surface area contributed by atoms with Crippen LogP contribution in [0, 0.1) is 13.8 Å². The van der Waals surface area contributed by atoms with Crippen LogP contribution in [-0.4, -0.2) is 0 Å². The van der Waals surface area contributed by atoms with Crippen LogP contribution in [0.15, 0.2) is 95.9 Å². The maximum Gasteiger partial charge on any atom is 0.0385 e.